The lowest BCUT2D eigenvalue weighted by molar-refractivity contribution is -1.08. The number of piperazine rings is 3. The quantitative estimate of drug-likeness (QED) is 0.597. The zero-order valence-corrected chi connectivity index (χ0v) is 17.7. The number of nitrogens with two attached hydrogens (primary N) is 1. The van der Waals surface area contributed by atoms with Gasteiger partial charge in [0.05, 0.1) is 5.56 Å². The number of fused-ring (bicyclic) bond motifs is 3. The molecule has 3 saturated heterocycles. The molecule has 0 spiro atoms. The van der Waals surface area contributed by atoms with Gasteiger partial charge in [-0.1, -0.05) is 32.9 Å². The largest absolute Gasteiger partial charge is 0.459 e. The number of hydrogen-bond donors (Lipinski definition) is 1. The number of carbonyl (C=O) groups is 2. The Bertz CT molecular complexity index is 712. The second-order valence-electron chi connectivity index (χ2n) is 9.92. The Morgan fingerprint density at radius 3 is 1.96 bits per heavy atom. The van der Waals surface area contributed by atoms with Crippen LogP contribution in [0.4, 0.5) is 0 Å². The molecular weight excluding hydrogens is 354 g/mol. The number of quaternary nitrogens is 2. The molecule has 2 bridgehead atoms. The molecule has 3 aliphatic rings. The van der Waals surface area contributed by atoms with Crippen molar-refractivity contribution in [1.29, 1.82) is 0 Å². The van der Waals surface area contributed by atoms with E-state index in [2.05, 4.69) is 32.9 Å². The lowest BCUT2D eigenvalue weighted by atomic mass is 9.90. The normalized spacial score (nSPS) is 28.0. The maximum Gasteiger partial charge on any atom is 0.338 e. The summed E-state index contributed by atoms with van der Waals surface area (Å²) in [5.74, 6) is -0.448. The average Bonchev–Trinajstić information content (AvgIpc) is 2.62. The summed E-state index contributed by atoms with van der Waals surface area (Å²) in [7, 11) is 0. The fraction of sp³-hybridized carbons (Fsp3) is 0.636. The highest BCUT2D eigenvalue weighted by Gasteiger charge is 2.49. The van der Waals surface area contributed by atoms with Gasteiger partial charge in [-0.3, -0.25) is 4.79 Å². The van der Waals surface area contributed by atoms with Crippen LogP contribution in [0.25, 0.3) is 0 Å². The molecule has 6 heteroatoms. The van der Waals surface area contributed by atoms with Gasteiger partial charge in [-0.15, -0.1) is 0 Å². The van der Waals surface area contributed by atoms with Crippen molar-refractivity contribution in [1.82, 2.24) is 0 Å². The number of carbonyl (C=O) groups excluding carboxylic acids is 2. The van der Waals surface area contributed by atoms with E-state index in [0.717, 1.165) is 54.8 Å². The van der Waals surface area contributed by atoms with Crippen molar-refractivity contribution in [3.8, 4) is 0 Å². The van der Waals surface area contributed by atoms with E-state index in [1.807, 2.05) is 19.1 Å². The molecule has 3 fully saturated rings. The maximum atomic E-state index is 12.4. The zero-order valence-electron chi connectivity index (χ0n) is 17.7. The van der Waals surface area contributed by atoms with Gasteiger partial charge in [-0.25, -0.2) is 4.79 Å². The Labute approximate surface area is 168 Å². The first kappa shape index (κ1) is 20.8. The molecule has 0 aromatic heterocycles. The molecule has 1 atom stereocenters. The number of primary amides is 1. The number of nitrogens with zero attached hydrogens (tertiary/aromatic N) is 2. The van der Waals surface area contributed by atoms with Crippen LogP contribution < -0.4 is 5.73 Å². The summed E-state index contributed by atoms with van der Waals surface area (Å²) in [6.45, 7) is 15.9. The molecule has 28 heavy (non-hydrogen) atoms. The smallest absolute Gasteiger partial charge is 0.338 e. The number of amides is 1. The lowest BCUT2D eigenvalue weighted by Crippen LogP contribution is -2.75. The third-order valence-electron chi connectivity index (χ3n) is 6.85. The van der Waals surface area contributed by atoms with Crippen LogP contribution in [0.15, 0.2) is 24.3 Å². The van der Waals surface area contributed by atoms with Crippen molar-refractivity contribution in [2.24, 2.45) is 11.1 Å². The molecule has 0 radical (unpaired) electrons. The van der Waals surface area contributed by atoms with Crippen molar-refractivity contribution in [2.45, 2.75) is 40.3 Å². The van der Waals surface area contributed by atoms with Crippen LogP contribution in [0.1, 0.15) is 43.6 Å². The molecule has 2 N–H and O–H groups in total. The van der Waals surface area contributed by atoms with E-state index in [1.165, 1.54) is 5.56 Å². The van der Waals surface area contributed by atoms with Gasteiger partial charge in [0.25, 0.3) is 5.91 Å². The monoisotopic (exact) mass is 389 g/mol. The second-order valence-corrected chi connectivity index (χ2v) is 9.92. The number of esters is 1. The summed E-state index contributed by atoms with van der Waals surface area (Å²) in [5.41, 5.74) is 7.23. The topological polar surface area (TPSA) is 69.4 Å². The van der Waals surface area contributed by atoms with Gasteiger partial charge >= 0.3 is 5.97 Å². The minimum absolute atomic E-state index is 0.0730. The van der Waals surface area contributed by atoms with Gasteiger partial charge in [0.2, 0.25) is 0 Å². The molecule has 1 aromatic rings. The number of ether oxygens (including phenoxy) is 1. The van der Waals surface area contributed by atoms with Gasteiger partial charge in [0.1, 0.15) is 51.9 Å². The Balaban J connectivity index is 1.60. The average molecular weight is 390 g/mol. The van der Waals surface area contributed by atoms with E-state index in [9.17, 15) is 9.59 Å². The van der Waals surface area contributed by atoms with Crippen molar-refractivity contribution in [3.05, 3.63) is 35.4 Å². The van der Waals surface area contributed by atoms with Crippen molar-refractivity contribution in [3.63, 3.8) is 0 Å². The molecule has 0 aliphatic carbocycles. The molecule has 6 nitrogen and oxygen atoms in total. The highest BCUT2D eigenvalue weighted by Crippen LogP contribution is 2.29. The third kappa shape index (κ3) is 4.55. The van der Waals surface area contributed by atoms with E-state index in [4.69, 9.17) is 10.5 Å². The molecule has 1 amide bonds. The molecule has 3 aliphatic heterocycles. The van der Waals surface area contributed by atoms with Gasteiger partial charge in [0, 0.05) is 5.56 Å². The van der Waals surface area contributed by atoms with E-state index in [0.29, 0.717) is 12.1 Å². The second kappa shape index (κ2) is 7.48. The minimum Gasteiger partial charge on any atom is -0.459 e. The van der Waals surface area contributed by atoms with Gasteiger partial charge in [-0.2, -0.15) is 0 Å². The summed E-state index contributed by atoms with van der Waals surface area (Å²) in [6.07, 6.45) is -0.140. The highest BCUT2D eigenvalue weighted by atomic mass is 16.5. The molecule has 0 saturated carbocycles. The lowest BCUT2D eigenvalue weighted by Gasteiger charge is -2.55. The predicted molar refractivity (Wildman–Crippen MR) is 108 cm³/mol. The molecule has 0 unspecified atom stereocenters. The van der Waals surface area contributed by atoms with Gasteiger partial charge < -0.3 is 19.4 Å². The fourth-order valence-corrected chi connectivity index (χ4v) is 4.29. The Morgan fingerprint density at radius 2 is 1.50 bits per heavy atom. The van der Waals surface area contributed by atoms with Crippen LogP contribution in [0.2, 0.25) is 0 Å². The molecule has 154 valence electrons. The van der Waals surface area contributed by atoms with Gasteiger partial charge in [0.15, 0.2) is 6.54 Å². The number of hydrogen-bond acceptors (Lipinski definition) is 3. The van der Waals surface area contributed by atoms with E-state index >= 15 is 0 Å². The first-order valence-corrected chi connectivity index (χ1v) is 10.3. The summed E-state index contributed by atoms with van der Waals surface area (Å²) in [6, 6.07) is 7.87. The van der Waals surface area contributed by atoms with Crippen molar-refractivity contribution >= 4 is 11.9 Å². The Morgan fingerprint density at radius 1 is 1.00 bits per heavy atom. The summed E-state index contributed by atoms with van der Waals surface area (Å²) in [5, 5.41) is 0. The van der Waals surface area contributed by atoms with E-state index in [-0.39, 0.29) is 23.4 Å². The Kier molecular flexibility index (Phi) is 5.56. The summed E-state index contributed by atoms with van der Waals surface area (Å²) < 4.78 is 7.54. The van der Waals surface area contributed by atoms with Crippen LogP contribution in [-0.4, -0.2) is 72.8 Å². The molecular formula is C22H35N3O3+2. The van der Waals surface area contributed by atoms with Crippen LogP contribution >= 0.6 is 0 Å². The predicted octanol–water partition coefficient (Wildman–Crippen LogP) is 1.92. The first-order valence-electron chi connectivity index (χ1n) is 10.3. The fourth-order valence-electron chi connectivity index (χ4n) is 4.29. The standard InChI is InChI=1S/C22H34N3O3/c1-17(22(2,3)4)28-21(27)19-7-5-18(6-8-19)15-24-9-12-25(13-10-24,14-11-24)16-20(23)26/h5-8,17H,9-16H2,1-4H3,(H-,23,26)/q+1/p+1/t17-,24?,25?/m1/s1. The minimum atomic E-state index is -0.259. The third-order valence-corrected chi connectivity index (χ3v) is 6.85. The van der Waals surface area contributed by atoms with Crippen molar-refractivity contribution in [2.75, 3.05) is 45.8 Å². The summed E-state index contributed by atoms with van der Waals surface area (Å²) in [4.78, 5) is 23.8. The van der Waals surface area contributed by atoms with Crippen molar-refractivity contribution < 1.29 is 23.3 Å². The highest BCUT2D eigenvalue weighted by molar-refractivity contribution is 5.89. The van der Waals surface area contributed by atoms with Crippen LogP contribution in [0.5, 0.6) is 0 Å². The molecule has 4 rings (SSSR count). The maximum absolute atomic E-state index is 12.4. The molecule has 3 heterocycles. The van der Waals surface area contributed by atoms with E-state index in [1.54, 1.807) is 0 Å². The number of rotatable bonds is 6. The zero-order chi connectivity index (χ0) is 20.6. The van der Waals surface area contributed by atoms with Crippen LogP contribution in [0.3, 0.4) is 0 Å². The first-order chi connectivity index (χ1) is 13.0. The van der Waals surface area contributed by atoms with E-state index < -0.39 is 0 Å². The molecule has 1 aromatic carbocycles. The van der Waals surface area contributed by atoms with Crippen LogP contribution in [-0.2, 0) is 16.1 Å². The van der Waals surface area contributed by atoms with Crippen LogP contribution in [0, 0.1) is 5.41 Å². The van der Waals surface area contributed by atoms with Gasteiger partial charge in [-0.05, 0) is 24.5 Å². The Hall–Kier alpha value is -1.92. The summed E-state index contributed by atoms with van der Waals surface area (Å²) >= 11 is 0. The SMILES string of the molecule is C[C@@H](OC(=O)c1ccc(C[N+]23CC[N+](CC(N)=O)(CC2)CC3)cc1)C(C)(C)C. The number of benzene rings is 1.